The van der Waals surface area contributed by atoms with Crippen molar-refractivity contribution in [1.29, 1.82) is 0 Å². The highest BCUT2D eigenvalue weighted by Gasteiger charge is 2.23. The zero-order chi connectivity index (χ0) is 19.2. The first kappa shape index (κ1) is 18.9. The number of nitrogens with zero attached hydrogens (tertiary/aromatic N) is 1. The Labute approximate surface area is 159 Å². The number of hydrogen-bond donors (Lipinski definition) is 2. The van der Waals surface area contributed by atoms with Crippen molar-refractivity contribution >= 4 is 23.1 Å². The van der Waals surface area contributed by atoms with Crippen LogP contribution in [0.4, 0.5) is 11.4 Å². The van der Waals surface area contributed by atoms with Crippen LogP contribution in [-0.4, -0.2) is 51.5 Å². The van der Waals surface area contributed by atoms with Crippen LogP contribution in [0.2, 0.25) is 0 Å². The normalized spacial score (nSPS) is 14.7. The molecule has 142 valence electrons. The second-order valence-corrected chi connectivity index (χ2v) is 6.77. The Morgan fingerprint density at radius 2 is 1.85 bits per heavy atom. The number of para-hydroxylation sites is 2. The van der Waals surface area contributed by atoms with Crippen LogP contribution in [0.15, 0.2) is 48.5 Å². The molecule has 0 radical (unpaired) electrons. The molecule has 2 N–H and O–H groups in total. The number of amides is 1. The smallest absolute Gasteiger partial charge is 0.279 e. The predicted octanol–water partition coefficient (Wildman–Crippen LogP) is 1.24. The van der Waals surface area contributed by atoms with E-state index in [0.717, 1.165) is 37.6 Å². The quantitative estimate of drug-likeness (QED) is 0.753. The van der Waals surface area contributed by atoms with Crippen molar-refractivity contribution in [2.75, 3.05) is 50.1 Å². The molecule has 1 heterocycles. The van der Waals surface area contributed by atoms with Crippen molar-refractivity contribution in [3.63, 3.8) is 0 Å². The van der Waals surface area contributed by atoms with E-state index in [9.17, 15) is 9.59 Å². The van der Waals surface area contributed by atoms with E-state index in [4.69, 9.17) is 4.74 Å². The van der Waals surface area contributed by atoms with Gasteiger partial charge in [0.25, 0.3) is 5.91 Å². The second kappa shape index (κ2) is 8.68. The lowest BCUT2D eigenvalue weighted by Crippen LogP contribution is -3.15. The van der Waals surface area contributed by atoms with Crippen molar-refractivity contribution in [1.82, 2.24) is 0 Å². The number of carbonyl (C=O) groups excluding carboxylic acids is 2. The molecule has 6 nitrogen and oxygen atoms in total. The molecular weight excluding hydrogens is 342 g/mol. The van der Waals surface area contributed by atoms with Gasteiger partial charge in [-0.15, -0.1) is 0 Å². The van der Waals surface area contributed by atoms with E-state index in [-0.39, 0.29) is 11.7 Å². The average molecular weight is 368 g/mol. The predicted molar refractivity (Wildman–Crippen MR) is 106 cm³/mol. The lowest BCUT2D eigenvalue weighted by Gasteiger charge is -2.34. The van der Waals surface area contributed by atoms with E-state index >= 15 is 0 Å². The van der Waals surface area contributed by atoms with Gasteiger partial charge >= 0.3 is 0 Å². The number of benzene rings is 2. The minimum Gasteiger partial charge on any atom is -0.495 e. The minimum atomic E-state index is -0.0311. The van der Waals surface area contributed by atoms with E-state index in [2.05, 4.69) is 16.3 Å². The lowest BCUT2D eigenvalue weighted by molar-refractivity contribution is -0.892. The first-order valence-electron chi connectivity index (χ1n) is 9.19. The van der Waals surface area contributed by atoms with Crippen molar-refractivity contribution in [3.8, 4) is 5.75 Å². The number of ketones is 1. The summed E-state index contributed by atoms with van der Waals surface area (Å²) in [5.41, 5.74) is 2.37. The van der Waals surface area contributed by atoms with Gasteiger partial charge in [-0.1, -0.05) is 24.3 Å². The Balaban J connectivity index is 1.52. The van der Waals surface area contributed by atoms with E-state index in [1.165, 1.54) is 11.8 Å². The van der Waals surface area contributed by atoms with Crippen LogP contribution in [0.3, 0.4) is 0 Å². The fourth-order valence-electron chi connectivity index (χ4n) is 3.38. The summed E-state index contributed by atoms with van der Waals surface area (Å²) in [5, 5.41) is 2.90. The van der Waals surface area contributed by atoms with Crippen molar-refractivity contribution in [2.24, 2.45) is 0 Å². The summed E-state index contributed by atoms with van der Waals surface area (Å²) >= 11 is 0. The van der Waals surface area contributed by atoms with Gasteiger partial charge in [0.1, 0.15) is 5.75 Å². The Morgan fingerprint density at radius 1 is 1.11 bits per heavy atom. The van der Waals surface area contributed by atoms with Gasteiger partial charge in [-0.2, -0.15) is 0 Å². The molecule has 0 aliphatic carbocycles. The first-order chi connectivity index (χ1) is 13.1. The number of rotatable bonds is 6. The Hall–Kier alpha value is -2.86. The van der Waals surface area contributed by atoms with Crippen LogP contribution in [0.5, 0.6) is 5.75 Å². The SMILES string of the molecule is COc1ccccc1N1CC[NH+](CC(=O)Nc2cccc(C(C)=O)c2)CC1. The number of nitrogens with one attached hydrogen (secondary N) is 2. The number of Topliss-reactive ketones (excluding diaryl/α,β-unsaturated/α-hetero) is 1. The van der Waals surface area contributed by atoms with Gasteiger partial charge in [-0.05, 0) is 31.2 Å². The van der Waals surface area contributed by atoms with E-state index in [1.54, 1.807) is 31.4 Å². The summed E-state index contributed by atoms with van der Waals surface area (Å²) in [6.45, 7) is 5.47. The molecule has 6 heteroatoms. The molecule has 0 spiro atoms. The molecule has 2 aromatic carbocycles. The van der Waals surface area contributed by atoms with Gasteiger partial charge in [0, 0.05) is 11.3 Å². The number of carbonyl (C=O) groups is 2. The average Bonchev–Trinajstić information content (AvgIpc) is 2.68. The fourth-order valence-corrected chi connectivity index (χ4v) is 3.38. The summed E-state index contributed by atoms with van der Waals surface area (Å²) in [4.78, 5) is 27.4. The summed E-state index contributed by atoms with van der Waals surface area (Å²) in [6, 6.07) is 15.1. The standard InChI is InChI=1S/C21H25N3O3/c1-16(25)17-6-5-7-18(14-17)22-21(26)15-23-10-12-24(13-11-23)19-8-3-4-9-20(19)27-2/h3-9,14H,10-13,15H2,1-2H3,(H,22,26)/p+1. The van der Waals surface area contributed by atoms with Crippen molar-refractivity contribution in [2.45, 2.75) is 6.92 Å². The van der Waals surface area contributed by atoms with Gasteiger partial charge < -0.3 is 19.9 Å². The summed E-state index contributed by atoms with van der Waals surface area (Å²) in [6.07, 6.45) is 0. The molecule has 1 amide bonds. The van der Waals surface area contributed by atoms with Gasteiger partial charge in [0.15, 0.2) is 12.3 Å². The van der Waals surface area contributed by atoms with Crippen molar-refractivity contribution < 1.29 is 19.2 Å². The van der Waals surface area contributed by atoms with E-state index < -0.39 is 0 Å². The van der Waals surface area contributed by atoms with Crippen LogP contribution in [-0.2, 0) is 4.79 Å². The molecule has 1 saturated heterocycles. The summed E-state index contributed by atoms with van der Waals surface area (Å²) < 4.78 is 5.45. The summed E-state index contributed by atoms with van der Waals surface area (Å²) in [7, 11) is 1.69. The highest BCUT2D eigenvalue weighted by atomic mass is 16.5. The highest BCUT2D eigenvalue weighted by molar-refractivity contribution is 5.97. The molecule has 3 rings (SSSR count). The minimum absolute atomic E-state index is 0.0100. The molecule has 27 heavy (non-hydrogen) atoms. The van der Waals surface area contributed by atoms with Crippen LogP contribution in [0.1, 0.15) is 17.3 Å². The van der Waals surface area contributed by atoms with Crippen LogP contribution >= 0.6 is 0 Å². The Bertz CT molecular complexity index is 814. The highest BCUT2D eigenvalue weighted by Crippen LogP contribution is 2.27. The number of methoxy groups -OCH3 is 1. The van der Waals surface area contributed by atoms with Gasteiger partial charge in [-0.25, -0.2) is 0 Å². The first-order valence-corrected chi connectivity index (χ1v) is 9.19. The van der Waals surface area contributed by atoms with Crippen LogP contribution < -0.4 is 19.9 Å². The maximum atomic E-state index is 12.4. The number of ether oxygens (including phenoxy) is 1. The number of quaternary nitrogens is 1. The monoisotopic (exact) mass is 368 g/mol. The van der Waals surface area contributed by atoms with E-state index in [0.29, 0.717) is 17.8 Å². The number of piperazine rings is 1. The zero-order valence-electron chi connectivity index (χ0n) is 15.8. The second-order valence-electron chi connectivity index (χ2n) is 6.77. The van der Waals surface area contributed by atoms with Gasteiger partial charge in [0.2, 0.25) is 0 Å². The van der Waals surface area contributed by atoms with Crippen LogP contribution in [0, 0.1) is 0 Å². The molecule has 0 bridgehead atoms. The number of hydrogen-bond acceptors (Lipinski definition) is 4. The molecule has 1 aliphatic rings. The molecule has 0 aromatic heterocycles. The van der Waals surface area contributed by atoms with E-state index in [1.807, 2.05) is 18.2 Å². The maximum Gasteiger partial charge on any atom is 0.279 e. The van der Waals surface area contributed by atoms with Crippen LogP contribution in [0.25, 0.3) is 0 Å². The lowest BCUT2D eigenvalue weighted by atomic mass is 10.1. The zero-order valence-corrected chi connectivity index (χ0v) is 15.8. The van der Waals surface area contributed by atoms with Gasteiger partial charge in [0.05, 0.1) is 39.0 Å². The van der Waals surface area contributed by atoms with Crippen molar-refractivity contribution in [3.05, 3.63) is 54.1 Å². The Kier molecular flexibility index (Phi) is 6.08. The Morgan fingerprint density at radius 3 is 2.56 bits per heavy atom. The van der Waals surface area contributed by atoms with Gasteiger partial charge in [-0.3, -0.25) is 9.59 Å². The number of anilines is 2. The molecule has 1 aliphatic heterocycles. The molecule has 0 saturated carbocycles. The largest absolute Gasteiger partial charge is 0.495 e. The molecule has 2 aromatic rings. The third kappa shape index (κ3) is 4.86. The maximum absolute atomic E-state index is 12.4. The topological polar surface area (TPSA) is 63.1 Å². The molecular formula is C21H26N3O3+. The third-order valence-corrected chi connectivity index (χ3v) is 4.86. The molecule has 0 atom stereocenters. The molecule has 0 unspecified atom stereocenters. The fraction of sp³-hybridized carbons (Fsp3) is 0.333. The third-order valence-electron chi connectivity index (χ3n) is 4.86. The molecule has 1 fully saturated rings. The summed E-state index contributed by atoms with van der Waals surface area (Å²) in [5.74, 6) is 0.838.